The summed E-state index contributed by atoms with van der Waals surface area (Å²) in [7, 11) is 2.23. The highest BCUT2D eigenvalue weighted by molar-refractivity contribution is 4.84. The first kappa shape index (κ1) is 12.4. The molecule has 2 rings (SSSR count). The van der Waals surface area contributed by atoms with Gasteiger partial charge >= 0.3 is 0 Å². The van der Waals surface area contributed by atoms with E-state index in [9.17, 15) is 0 Å². The number of nitrogens with one attached hydrogen (secondary N) is 1. The number of hydrogen-bond acceptors (Lipinski definition) is 2. The molecule has 1 aliphatic heterocycles. The molecule has 1 aliphatic carbocycles. The van der Waals surface area contributed by atoms with E-state index in [1.54, 1.807) is 0 Å². The van der Waals surface area contributed by atoms with Crippen molar-refractivity contribution >= 4 is 0 Å². The van der Waals surface area contributed by atoms with Crippen molar-refractivity contribution in [2.45, 2.75) is 64.0 Å². The molecule has 2 aliphatic rings. The Labute approximate surface area is 101 Å². The molecule has 0 bridgehead atoms. The average Bonchev–Trinajstić information content (AvgIpc) is 2.56. The lowest BCUT2D eigenvalue weighted by atomic mass is 9.92. The third kappa shape index (κ3) is 3.46. The number of likely N-dealkylation sites (N-methyl/N-ethyl adjacent to an activating group) is 1. The summed E-state index contributed by atoms with van der Waals surface area (Å²) in [6, 6.07) is 1.48. The van der Waals surface area contributed by atoms with Crippen molar-refractivity contribution in [3.63, 3.8) is 0 Å². The van der Waals surface area contributed by atoms with Crippen LogP contribution in [0.25, 0.3) is 0 Å². The van der Waals surface area contributed by atoms with E-state index in [1.807, 2.05) is 0 Å². The second-order valence-electron chi connectivity index (χ2n) is 5.95. The van der Waals surface area contributed by atoms with Crippen molar-refractivity contribution < 1.29 is 0 Å². The lowest BCUT2D eigenvalue weighted by Crippen LogP contribution is -2.42. The molecule has 1 saturated carbocycles. The first-order valence-electron chi connectivity index (χ1n) is 7.20. The van der Waals surface area contributed by atoms with Crippen LogP contribution in [0.5, 0.6) is 0 Å². The van der Waals surface area contributed by atoms with Crippen molar-refractivity contribution in [3.8, 4) is 0 Å². The van der Waals surface area contributed by atoms with Gasteiger partial charge in [0.15, 0.2) is 0 Å². The second kappa shape index (κ2) is 6.02. The summed E-state index contributed by atoms with van der Waals surface area (Å²) >= 11 is 0. The van der Waals surface area contributed by atoms with Gasteiger partial charge < -0.3 is 10.2 Å². The van der Waals surface area contributed by atoms with Gasteiger partial charge in [-0.2, -0.15) is 0 Å². The Balaban J connectivity index is 1.75. The van der Waals surface area contributed by atoms with Gasteiger partial charge in [-0.3, -0.25) is 0 Å². The molecule has 0 amide bonds. The lowest BCUT2D eigenvalue weighted by Gasteiger charge is -2.27. The monoisotopic (exact) mass is 224 g/mol. The fourth-order valence-electron chi connectivity index (χ4n) is 3.39. The first-order valence-corrected chi connectivity index (χ1v) is 7.20. The van der Waals surface area contributed by atoms with Crippen LogP contribution < -0.4 is 5.32 Å². The van der Waals surface area contributed by atoms with Crippen molar-refractivity contribution in [1.82, 2.24) is 10.2 Å². The molecule has 1 N–H and O–H groups in total. The van der Waals surface area contributed by atoms with Crippen LogP contribution in [-0.4, -0.2) is 37.1 Å². The molecule has 2 atom stereocenters. The highest BCUT2D eigenvalue weighted by Gasteiger charge is 2.24. The summed E-state index contributed by atoms with van der Waals surface area (Å²) in [5.41, 5.74) is 0. The third-order valence-corrected chi connectivity index (χ3v) is 4.50. The number of likely N-dealkylation sites (tertiary alicyclic amines) is 1. The Kier molecular flexibility index (Phi) is 4.66. The van der Waals surface area contributed by atoms with E-state index >= 15 is 0 Å². The van der Waals surface area contributed by atoms with Crippen LogP contribution in [-0.2, 0) is 0 Å². The van der Waals surface area contributed by atoms with Crippen LogP contribution in [0.4, 0.5) is 0 Å². The third-order valence-electron chi connectivity index (χ3n) is 4.50. The molecular weight excluding hydrogens is 196 g/mol. The molecule has 1 unspecified atom stereocenters. The highest BCUT2D eigenvalue weighted by atomic mass is 15.2. The van der Waals surface area contributed by atoms with Gasteiger partial charge in [0, 0.05) is 18.6 Å². The zero-order valence-corrected chi connectivity index (χ0v) is 11.0. The highest BCUT2D eigenvalue weighted by Crippen LogP contribution is 2.26. The van der Waals surface area contributed by atoms with E-state index in [1.165, 1.54) is 58.0 Å². The summed E-state index contributed by atoms with van der Waals surface area (Å²) in [6.07, 6.45) is 10.1. The van der Waals surface area contributed by atoms with Crippen molar-refractivity contribution in [3.05, 3.63) is 0 Å². The molecule has 0 spiro atoms. The van der Waals surface area contributed by atoms with Crippen LogP contribution >= 0.6 is 0 Å². The quantitative estimate of drug-likeness (QED) is 0.741. The predicted molar refractivity (Wildman–Crippen MR) is 69.7 cm³/mol. The topological polar surface area (TPSA) is 15.3 Å². The minimum atomic E-state index is 0.731. The van der Waals surface area contributed by atoms with Gasteiger partial charge in [0.2, 0.25) is 0 Å². The summed E-state index contributed by atoms with van der Waals surface area (Å²) in [6.45, 7) is 4.93. The molecule has 2 fully saturated rings. The van der Waals surface area contributed by atoms with Gasteiger partial charge in [-0.1, -0.05) is 25.7 Å². The Morgan fingerprint density at radius 2 is 1.75 bits per heavy atom. The standard InChI is InChI=1S/C14H28N2/c1-12(13-7-5-3-4-6-8-13)15-14-9-10-16(2)11-14/h12-15H,3-11H2,1-2H3/t12-,14?/m0/s1. The molecular formula is C14H28N2. The summed E-state index contributed by atoms with van der Waals surface area (Å²) < 4.78 is 0. The number of hydrogen-bond donors (Lipinski definition) is 1. The molecule has 1 heterocycles. The SMILES string of the molecule is C[C@H](NC1CCN(C)C1)C1CCCCCC1. The van der Waals surface area contributed by atoms with Crippen molar-refractivity contribution in [2.24, 2.45) is 5.92 Å². The molecule has 94 valence electrons. The van der Waals surface area contributed by atoms with Crippen LogP contribution in [0.3, 0.4) is 0 Å². The van der Waals surface area contributed by atoms with Gasteiger partial charge in [0.25, 0.3) is 0 Å². The maximum absolute atomic E-state index is 3.87. The maximum Gasteiger partial charge on any atom is 0.0209 e. The normalized spacial score (nSPS) is 31.5. The molecule has 0 aromatic rings. The average molecular weight is 224 g/mol. The lowest BCUT2D eigenvalue weighted by molar-refractivity contribution is 0.304. The predicted octanol–water partition coefficient (Wildman–Crippen LogP) is 2.64. The van der Waals surface area contributed by atoms with Crippen molar-refractivity contribution in [2.75, 3.05) is 20.1 Å². The Hall–Kier alpha value is -0.0800. The van der Waals surface area contributed by atoms with E-state index in [0.29, 0.717) is 0 Å². The molecule has 16 heavy (non-hydrogen) atoms. The van der Waals surface area contributed by atoms with Crippen LogP contribution in [0.15, 0.2) is 0 Å². The van der Waals surface area contributed by atoms with Crippen LogP contribution in [0.1, 0.15) is 51.9 Å². The summed E-state index contributed by atoms with van der Waals surface area (Å²) in [5, 5.41) is 3.87. The first-order chi connectivity index (χ1) is 7.75. The van der Waals surface area contributed by atoms with Gasteiger partial charge in [0.1, 0.15) is 0 Å². The molecule has 0 aromatic heterocycles. The Morgan fingerprint density at radius 1 is 1.06 bits per heavy atom. The van der Waals surface area contributed by atoms with Gasteiger partial charge in [-0.05, 0) is 45.7 Å². The molecule has 2 nitrogen and oxygen atoms in total. The fourth-order valence-corrected chi connectivity index (χ4v) is 3.39. The van der Waals surface area contributed by atoms with Gasteiger partial charge in [-0.15, -0.1) is 0 Å². The molecule has 0 radical (unpaired) electrons. The Morgan fingerprint density at radius 3 is 2.31 bits per heavy atom. The van der Waals surface area contributed by atoms with E-state index < -0.39 is 0 Å². The van der Waals surface area contributed by atoms with Gasteiger partial charge in [0.05, 0.1) is 0 Å². The maximum atomic E-state index is 3.87. The number of rotatable bonds is 3. The van der Waals surface area contributed by atoms with Gasteiger partial charge in [-0.25, -0.2) is 0 Å². The van der Waals surface area contributed by atoms with Crippen LogP contribution in [0.2, 0.25) is 0 Å². The van der Waals surface area contributed by atoms with E-state index in [0.717, 1.165) is 18.0 Å². The Bertz CT molecular complexity index is 197. The second-order valence-corrected chi connectivity index (χ2v) is 5.95. The number of nitrogens with zero attached hydrogens (tertiary/aromatic N) is 1. The summed E-state index contributed by atoms with van der Waals surface area (Å²) in [5.74, 6) is 0.938. The molecule has 1 saturated heterocycles. The zero-order valence-electron chi connectivity index (χ0n) is 11.0. The van der Waals surface area contributed by atoms with Crippen LogP contribution in [0, 0.1) is 5.92 Å². The molecule has 0 aromatic carbocycles. The fraction of sp³-hybridized carbons (Fsp3) is 1.00. The molecule has 2 heteroatoms. The minimum Gasteiger partial charge on any atom is -0.310 e. The van der Waals surface area contributed by atoms with E-state index in [-0.39, 0.29) is 0 Å². The largest absolute Gasteiger partial charge is 0.310 e. The van der Waals surface area contributed by atoms with E-state index in [4.69, 9.17) is 0 Å². The minimum absolute atomic E-state index is 0.731. The zero-order chi connectivity index (χ0) is 11.4. The van der Waals surface area contributed by atoms with E-state index in [2.05, 4.69) is 24.2 Å². The van der Waals surface area contributed by atoms with Crippen molar-refractivity contribution in [1.29, 1.82) is 0 Å². The summed E-state index contributed by atoms with van der Waals surface area (Å²) in [4.78, 5) is 2.44. The smallest absolute Gasteiger partial charge is 0.0209 e.